The topological polar surface area (TPSA) is 42.4 Å². The van der Waals surface area contributed by atoms with Crippen LogP contribution in [0, 0.1) is 6.92 Å². The number of hydrogen-bond donors (Lipinski definition) is 0. The van der Waals surface area contributed by atoms with Gasteiger partial charge in [0, 0.05) is 29.2 Å². The van der Waals surface area contributed by atoms with Gasteiger partial charge >= 0.3 is 0 Å². The Hall–Kier alpha value is -2.01. The van der Waals surface area contributed by atoms with Crippen LogP contribution >= 0.6 is 11.8 Å². The molecule has 1 aliphatic rings. The van der Waals surface area contributed by atoms with Crippen molar-refractivity contribution < 1.29 is 9.53 Å². The van der Waals surface area contributed by atoms with E-state index >= 15 is 0 Å². The smallest absolute Gasteiger partial charge is 0.265 e. The molecule has 0 bridgehead atoms. The van der Waals surface area contributed by atoms with Crippen LogP contribution in [-0.4, -0.2) is 35.0 Å². The van der Waals surface area contributed by atoms with E-state index in [1.807, 2.05) is 66.1 Å². The van der Waals surface area contributed by atoms with Gasteiger partial charge in [-0.15, -0.1) is 0 Å². The molecule has 1 amide bonds. The van der Waals surface area contributed by atoms with Crippen molar-refractivity contribution in [2.75, 3.05) is 23.8 Å². The standard InChI is InChI=1S/C19H22N2O2S/c1-15-7-5-11-18(20-15)23-14-19(22)21(13-17-10-6-12-24-17)16-8-3-2-4-9-16/h2-5,7-9,11,17H,6,10,12-14H2,1H3. The van der Waals surface area contributed by atoms with Gasteiger partial charge in [-0.3, -0.25) is 4.79 Å². The number of carbonyl (C=O) groups excluding carboxylic acids is 1. The second-order valence-electron chi connectivity index (χ2n) is 5.88. The molecule has 1 aromatic carbocycles. The number of thioether (sulfide) groups is 1. The number of para-hydroxylation sites is 1. The molecule has 126 valence electrons. The molecule has 3 rings (SSSR count). The summed E-state index contributed by atoms with van der Waals surface area (Å²) in [5, 5.41) is 0.506. The van der Waals surface area contributed by atoms with E-state index in [1.165, 1.54) is 18.6 Å². The molecule has 0 spiro atoms. The van der Waals surface area contributed by atoms with Gasteiger partial charge in [-0.05, 0) is 43.7 Å². The Morgan fingerprint density at radius 2 is 2.08 bits per heavy atom. The number of carbonyl (C=O) groups is 1. The molecule has 0 N–H and O–H groups in total. The second-order valence-corrected chi connectivity index (χ2v) is 7.29. The van der Waals surface area contributed by atoms with E-state index in [4.69, 9.17) is 4.74 Å². The third-order valence-corrected chi connectivity index (χ3v) is 5.37. The normalized spacial score (nSPS) is 16.8. The molecule has 0 saturated carbocycles. The quantitative estimate of drug-likeness (QED) is 0.803. The first-order chi connectivity index (χ1) is 11.7. The average molecular weight is 342 g/mol. The number of rotatable bonds is 6. The van der Waals surface area contributed by atoms with E-state index in [0.717, 1.165) is 17.9 Å². The van der Waals surface area contributed by atoms with Crippen LogP contribution in [0.4, 0.5) is 5.69 Å². The average Bonchev–Trinajstić information content (AvgIpc) is 3.12. The number of amides is 1. The summed E-state index contributed by atoms with van der Waals surface area (Å²) in [7, 11) is 0. The van der Waals surface area contributed by atoms with Crippen molar-refractivity contribution in [2.24, 2.45) is 0 Å². The number of anilines is 1. The Labute approximate surface area is 147 Å². The Kier molecular flexibility index (Phi) is 5.75. The molecule has 1 aromatic heterocycles. The Morgan fingerprint density at radius 1 is 1.25 bits per heavy atom. The third kappa shape index (κ3) is 4.51. The molecule has 24 heavy (non-hydrogen) atoms. The van der Waals surface area contributed by atoms with Crippen molar-refractivity contribution in [3.8, 4) is 5.88 Å². The van der Waals surface area contributed by atoms with Gasteiger partial charge in [-0.1, -0.05) is 24.3 Å². The monoisotopic (exact) mass is 342 g/mol. The number of aryl methyl sites for hydroxylation is 1. The lowest BCUT2D eigenvalue weighted by molar-refractivity contribution is -0.120. The molecule has 4 nitrogen and oxygen atoms in total. The van der Waals surface area contributed by atoms with E-state index in [9.17, 15) is 4.79 Å². The summed E-state index contributed by atoms with van der Waals surface area (Å²) < 4.78 is 5.61. The van der Waals surface area contributed by atoms with Crippen molar-refractivity contribution in [1.29, 1.82) is 0 Å². The second kappa shape index (κ2) is 8.20. The van der Waals surface area contributed by atoms with Gasteiger partial charge in [0.25, 0.3) is 5.91 Å². The van der Waals surface area contributed by atoms with Crippen LogP contribution in [0.1, 0.15) is 18.5 Å². The van der Waals surface area contributed by atoms with E-state index in [1.54, 1.807) is 6.07 Å². The molecule has 1 saturated heterocycles. The number of ether oxygens (including phenoxy) is 1. The summed E-state index contributed by atoms with van der Waals surface area (Å²) in [6.07, 6.45) is 2.40. The van der Waals surface area contributed by atoms with Crippen molar-refractivity contribution in [3.05, 3.63) is 54.2 Å². The van der Waals surface area contributed by atoms with Gasteiger partial charge in [0.15, 0.2) is 6.61 Å². The predicted octanol–water partition coefficient (Wildman–Crippen LogP) is 3.70. The molecule has 2 aromatic rings. The maximum absolute atomic E-state index is 12.8. The zero-order valence-electron chi connectivity index (χ0n) is 13.9. The minimum absolute atomic E-state index is 0.00271. The molecule has 1 aliphatic heterocycles. The third-order valence-electron chi connectivity index (χ3n) is 3.99. The van der Waals surface area contributed by atoms with E-state index in [2.05, 4.69) is 4.98 Å². The van der Waals surface area contributed by atoms with Gasteiger partial charge in [-0.25, -0.2) is 4.98 Å². The molecule has 0 aliphatic carbocycles. The highest BCUT2D eigenvalue weighted by Crippen LogP contribution is 2.28. The minimum Gasteiger partial charge on any atom is -0.468 e. The van der Waals surface area contributed by atoms with Crippen LogP contribution in [0.25, 0.3) is 0 Å². The van der Waals surface area contributed by atoms with Crippen LogP contribution in [0.3, 0.4) is 0 Å². The molecule has 1 unspecified atom stereocenters. The highest BCUT2D eigenvalue weighted by Gasteiger charge is 2.24. The summed E-state index contributed by atoms with van der Waals surface area (Å²) >= 11 is 1.95. The molecular weight excluding hydrogens is 320 g/mol. The lowest BCUT2D eigenvalue weighted by Crippen LogP contribution is -2.39. The Balaban J connectivity index is 1.68. The van der Waals surface area contributed by atoms with E-state index in [0.29, 0.717) is 11.1 Å². The summed E-state index contributed by atoms with van der Waals surface area (Å²) in [6.45, 7) is 2.64. The highest BCUT2D eigenvalue weighted by molar-refractivity contribution is 8.00. The van der Waals surface area contributed by atoms with Crippen molar-refractivity contribution in [1.82, 2.24) is 4.98 Å². The van der Waals surface area contributed by atoms with E-state index in [-0.39, 0.29) is 12.5 Å². The zero-order valence-corrected chi connectivity index (χ0v) is 14.7. The lowest BCUT2D eigenvalue weighted by atomic mass is 10.2. The minimum atomic E-state index is -0.0305. The van der Waals surface area contributed by atoms with Crippen LogP contribution in [-0.2, 0) is 4.79 Å². The summed E-state index contributed by atoms with van der Waals surface area (Å²) in [5.74, 6) is 1.65. The zero-order chi connectivity index (χ0) is 16.8. The van der Waals surface area contributed by atoms with Crippen LogP contribution in [0.2, 0.25) is 0 Å². The summed E-state index contributed by atoms with van der Waals surface area (Å²) in [5.41, 5.74) is 1.80. The molecule has 0 radical (unpaired) electrons. The lowest BCUT2D eigenvalue weighted by Gasteiger charge is -2.25. The van der Waals surface area contributed by atoms with Gasteiger partial charge in [0.1, 0.15) is 0 Å². The number of benzene rings is 1. The maximum atomic E-state index is 12.8. The molecule has 5 heteroatoms. The largest absolute Gasteiger partial charge is 0.468 e. The molecular formula is C19H22N2O2S. The fraction of sp³-hybridized carbons (Fsp3) is 0.368. The Bertz CT molecular complexity index is 672. The summed E-state index contributed by atoms with van der Waals surface area (Å²) in [4.78, 5) is 18.9. The highest BCUT2D eigenvalue weighted by atomic mass is 32.2. The molecule has 1 atom stereocenters. The first-order valence-electron chi connectivity index (χ1n) is 8.26. The fourth-order valence-electron chi connectivity index (χ4n) is 2.76. The number of nitrogens with zero attached hydrogens (tertiary/aromatic N) is 2. The SMILES string of the molecule is Cc1cccc(OCC(=O)N(CC2CCCS2)c2ccccc2)n1. The number of pyridine rings is 1. The molecule has 1 fully saturated rings. The number of hydrogen-bond acceptors (Lipinski definition) is 4. The van der Waals surface area contributed by atoms with Crippen molar-refractivity contribution >= 4 is 23.4 Å². The van der Waals surface area contributed by atoms with Gasteiger partial charge in [0.2, 0.25) is 5.88 Å². The van der Waals surface area contributed by atoms with Crippen LogP contribution in [0.15, 0.2) is 48.5 Å². The van der Waals surface area contributed by atoms with Gasteiger partial charge in [-0.2, -0.15) is 11.8 Å². The van der Waals surface area contributed by atoms with Crippen LogP contribution < -0.4 is 9.64 Å². The maximum Gasteiger partial charge on any atom is 0.265 e. The van der Waals surface area contributed by atoms with Gasteiger partial charge < -0.3 is 9.64 Å². The molecule has 2 heterocycles. The fourth-order valence-corrected chi connectivity index (χ4v) is 4.02. The number of aromatic nitrogens is 1. The summed E-state index contributed by atoms with van der Waals surface area (Å²) in [6, 6.07) is 15.4. The Morgan fingerprint density at radius 3 is 2.79 bits per heavy atom. The first-order valence-corrected chi connectivity index (χ1v) is 9.31. The van der Waals surface area contributed by atoms with Crippen LogP contribution in [0.5, 0.6) is 5.88 Å². The van der Waals surface area contributed by atoms with Crippen molar-refractivity contribution in [2.45, 2.75) is 25.0 Å². The predicted molar refractivity (Wildman–Crippen MR) is 98.7 cm³/mol. The van der Waals surface area contributed by atoms with Gasteiger partial charge in [0.05, 0.1) is 0 Å². The van der Waals surface area contributed by atoms with Crippen molar-refractivity contribution in [3.63, 3.8) is 0 Å². The first kappa shape index (κ1) is 16.8. The van der Waals surface area contributed by atoms with E-state index < -0.39 is 0 Å².